The number of nitrogens with zero attached hydrogens (tertiary/aromatic N) is 2. The van der Waals surface area contributed by atoms with Crippen LogP contribution in [0.3, 0.4) is 0 Å². The van der Waals surface area contributed by atoms with Gasteiger partial charge in [-0.05, 0) is 51.2 Å². The Morgan fingerprint density at radius 2 is 1.64 bits per heavy atom. The summed E-state index contributed by atoms with van der Waals surface area (Å²) in [6.07, 6.45) is -1.94. The first-order chi connectivity index (χ1) is 17.9. The van der Waals surface area contributed by atoms with Crippen LogP contribution in [0, 0.1) is 5.92 Å². The van der Waals surface area contributed by atoms with Crippen LogP contribution in [-0.4, -0.2) is 108 Å². The van der Waals surface area contributed by atoms with Crippen LogP contribution in [0.2, 0.25) is 18.1 Å². The van der Waals surface area contributed by atoms with E-state index in [1.807, 2.05) is 33.9 Å². The number of amides is 5. The number of likely N-dealkylation sites (tertiary alicyclic amines) is 2. The fraction of sp³-hybridized carbons (Fsp3) is 0.800. The zero-order valence-electron chi connectivity index (χ0n) is 24.0. The number of rotatable bonds is 10. The van der Waals surface area contributed by atoms with E-state index >= 15 is 0 Å². The molecule has 0 saturated carbocycles. The lowest BCUT2D eigenvalue weighted by atomic mass is 10.1. The van der Waals surface area contributed by atoms with Gasteiger partial charge in [0.25, 0.3) is 0 Å². The lowest BCUT2D eigenvalue weighted by Gasteiger charge is -2.41. The third-order valence-corrected chi connectivity index (χ3v) is 12.7. The summed E-state index contributed by atoms with van der Waals surface area (Å²) in [7, 11) is -2.33. The number of carbonyl (C=O) groups is 5. The highest BCUT2D eigenvalue weighted by Crippen LogP contribution is 2.38. The molecule has 5 amide bonds. The average Bonchev–Trinajstić information content (AvgIpc) is 3.48. The Hall–Kier alpha value is -2.71. The molecule has 0 aromatic heterocycles. The van der Waals surface area contributed by atoms with E-state index in [0.717, 1.165) is 0 Å². The first-order valence-electron chi connectivity index (χ1n) is 13.4. The van der Waals surface area contributed by atoms with E-state index < -0.39 is 68.4 Å². The van der Waals surface area contributed by atoms with Crippen LogP contribution in [0.5, 0.6) is 0 Å². The van der Waals surface area contributed by atoms with Gasteiger partial charge in [0.15, 0.2) is 8.32 Å². The standard InChI is InChI=1S/C25H45N5O8Si/c1-14(31)18(20(26)32)27-21(33)16-10-12-29(13-16)22(34)17-9-8-11-30(17)23(35)19(28-24(36)37)15(2)38-39(6,7)25(3,4)5/h14-19,28,31H,8-13H2,1-7H3,(H2,26,32)(H,27,33)(H,36,37)/t14-,15-,16?,17?,18+,19+/m1/s1. The summed E-state index contributed by atoms with van der Waals surface area (Å²) in [6, 6.07) is -3.21. The molecule has 2 rings (SSSR count). The molecule has 2 saturated heterocycles. The zero-order valence-corrected chi connectivity index (χ0v) is 25.0. The minimum Gasteiger partial charge on any atom is -0.465 e. The van der Waals surface area contributed by atoms with E-state index in [-0.39, 0.29) is 24.0 Å². The van der Waals surface area contributed by atoms with Crippen molar-refractivity contribution in [3.63, 3.8) is 0 Å². The summed E-state index contributed by atoms with van der Waals surface area (Å²) in [6.45, 7) is 13.9. The smallest absolute Gasteiger partial charge is 0.405 e. The highest BCUT2D eigenvalue weighted by atomic mass is 28.4. The number of nitrogens with two attached hydrogens (primary N) is 1. The molecule has 0 aliphatic carbocycles. The minimum absolute atomic E-state index is 0.0934. The lowest BCUT2D eigenvalue weighted by Crippen LogP contribution is -2.59. The van der Waals surface area contributed by atoms with E-state index in [0.29, 0.717) is 25.8 Å². The van der Waals surface area contributed by atoms with E-state index in [9.17, 15) is 34.2 Å². The van der Waals surface area contributed by atoms with Crippen molar-refractivity contribution in [3.05, 3.63) is 0 Å². The molecule has 2 fully saturated rings. The molecule has 2 heterocycles. The van der Waals surface area contributed by atoms with Crippen LogP contribution in [-0.2, 0) is 23.6 Å². The monoisotopic (exact) mass is 571 g/mol. The van der Waals surface area contributed by atoms with Crippen molar-refractivity contribution >= 4 is 38.0 Å². The summed E-state index contributed by atoms with van der Waals surface area (Å²) >= 11 is 0. The van der Waals surface area contributed by atoms with Crippen LogP contribution in [0.15, 0.2) is 0 Å². The normalized spacial score (nSPS) is 23.1. The molecule has 0 bridgehead atoms. The number of carboxylic acid groups (broad SMARTS) is 1. The van der Waals surface area contributed by atoms with Gasteiger partial charge in [-0.1, -0.05) is 20.8 Å². The summed E-state index contributed by atoms with van der Waals surface area (Å²) in [5, 5.41) is 23.8. The average molecular weight is 572 g/mol. The molecule has 0 aromatic rings. The van der Waals surface area contributed by atoms with E-state index in [2.05, 4.69) is 10.6 Å². The highest BCUT2D eigenvalue weighted by Gasteiger charge is 2.45. The van der Waals surface area contributed by atoms with E-state index in [1.165, 1.54) is 16.7 Å². The first kappa shape index (κ1) is 32.5. The van der Waals surface area contributed by atoms with Crippen LogP contribution in [0.4, 0.5) is 4.79 Å². The number of hydrogen-bond acceptors (Lipinski definition) is 7. The minimum atomic E-state index is -2.33. The molecule has 2 aliphatic heterocycles. The summed E-state index contributed by atoms with van der Waals surface area (Å²) < 4.78 is 6.32. The van der Waals surface area contributed by atoms with Crippen LogP contribution in [0.25, 0.3) is 0 Å². The van der Waals surface area contributed by atoms with Crippen molar-refractivity contribution in [3.8, 4) is 0 Å². The molecular formula is C25H45N5O8Si. The highest BCUT2D eigenvalue weighted by molar-refractivity contribution is 6.74. The van der Waals surface area contributed by atoms with Gasteiger partial charge >= 0.3 is 6.09 Å². The molecule has 39 heavy (non-hydrogen) atoms. The number of nitrogens with one attached hydrogen (secondary N) is 2. The molecule has 222 valence electrons. The second-order valence-corrected chi connectivity index (χ2v) is 16.9. The van der Waals surface area contributed by atoms with Crippen molar-refractivity contribution in [1.29, 1.82) is 0 Å². The maximum Gasteiger partial charge on any atom is 0.405 e. The number of primary amides is 1. The van der Waals surface area contributed by atoms with Crippen molar-refractivity contribution < 1.29 is 38.6 Å². The third kappa shape index (κ3) is 7.91. The molecule has 13 nitrogen and oxygen atoms in total. The Labute approximate surface area is 230 Å². The molecule has 6 N–H and O–H groups in total. The largest absolute Gasteiger partial charge is 0.465 e. The Balaban J connectivity index is 2.13. The van der Waals surface area contributed by atoms with Crippen molar-refractivity contribution in [2.24, 2.45) is 11.7 Å². The summed E-state index contributed by atoms with van der Waals surface area (Å²) in [4.78, 5) is 65.8. The van der Waals surface area contributed by atoms with Gasteiger partial charge in [-0.25, -0.2) is 4.79 Å². The molecule has 2 aliphatic rings. The van der Waals surface area contributed by atoms with Crippen molar-refractivity contribution in [1.82, 2.24) is 20.4 Å². The molecule has 6 atom stereocenters. The van der Waals surface area contributed by atoms with Gasteiger partial charge in [-0.2, -0.15) is 0 Å². The Morgan fingerprint density at radius 3 is 2.15 bits per heavy atom. The second-order valence-electron chi connectivity index (χ2n) is 12.1. The fourth-order valence-electron chi connectivity index (χ4n) is 4.77. The lowest BCUT2D eigenvalue weighted by molar-refractivity contribution is -0.145. The van der Waals surface area contributed by atoms with Crippen LogP contribution < -0.4 is 16.4 Å². The third-order valence-electron chi connectivity index (χ3n) is 8.08. The maximum absolute atomic E-state index is 13.6. The molecule has 0 radical (unpaired) electrons. The molecule has 14 heteroatoms. The zero-order chi connectivity index (χ0) is 29.9. The van der Waals surface area contributed by atoms with Gasteiger partial charge in [-0.15, -0.1) is 0 Å². The number of carbonyl (C=O) groups excluding carboxylic acids is 4. The maximum atomic E-state index is 13.6. The van der Waals surface area contributed by atoms with Gasteiger partial charge in [0.05, 0.1) is 18.1 Å². The number of hydrogen-bond donors (Lipinski definition) is 5. The molecule has 0 aromatic carbocycles. The van der Waals surface area contributed by atoms with E-state index in [1.54, 1.807) is 6.92 Å². The van der Waals surface area contributed by atoms with Gasteiger partial charge in [0.1, 0.15) is 18.1 Å². The van der Waals surface area contributed by atoms with Crippen molar-refractivity contribution in [2.75, 3.05) is 19.6 Å². The van der Waals surface area contributed by atoms with Gasteiger partial charge < -0.3 is 40.8 Å². The topological polar surface area (TPSA) is 192 Å². The summed E-state index contributed by atoms with van der Waals surface area (Å²) in [5.74, 6) is -2.78. The van der Waals surface area contributed by atoms with E-state index in [4.69, 9.17) is 10.2 Å². The predicted octanol–water partition coefficient (Wildman–Crippen LogP) is 0.223. The Bertz CT molecular complexity index is 953. The van der Waals surface area contributed by atoms with Gasteiger partial charge in [0.2, 0.25) is 23.6 Å². The first-order valence-corrected chi connectivity index (χ1v) is 16.3. The molecule has 0 spiro atoms. The summed E-state index contributed by atoms with van der Waals surface area (Å²) in [5.41, 5.74) is 5.25. The number of aliphatic hydroxyl groups excluding tert-OH is 1. The molecule has 2 unspecified atom stereocenters. The SMILES string of the molecule is C[C@@H](O)[C@H](NC(=O)C1CCN(C(=O)C2CCCN2C(=O)[C@@H](NC(=O)O)[C@@H](C)O[Si](C)(C)C(C)(C)C)C1)C(N)=O. The van der Waals surface area contributed by atoms with Crippen LogP contribution in [0.1, 0.15) is 53.9 Å². The predicted molar refractivity (Wildman–Crippen MR) is 145 cm³/mol. The van der Waals surface area contributed by atoms with Gasteiger partial charge in [0, 0.05) is 19.6 Å². The number of aliphatic hydroxyl groups is 1. The van der Waals surface area contributed by atoms with Crippen LogP contribution >= 0.6 is 0 Å². The van der Waals surface area contributed by atoms with Gasteiger partial charge in [-0.3, -0.25) is 19.2 Å². The molecular weight excluding hydrogens is 526 g/mol. The second kappa shape index (κ2) is 12.6. The Morgan fingerprint density at radius 1 is 1.03 bits per heavy atom. The quantitative estimate of drug-likeness (QED) is 0.230. The van der Waals surface area contributed by atoms with Crippen molar-refractivity contribution in [2.45, 2.75) is 102 Å². The fourth-order valence-corrected chi connectivity index (χ4v) is 6.19. The Kier molecular flexibility index (Phi) is 10.5.